The number of aliphatic imine (C=N–C) groups is 2. The Morgan fingerprint density at radius 1 is 0.667 bits per heavy atom. The van der Waals surface area contributed by atoms with Crippen molar-refractivity contribution in [1.29, 1.82) is 0 Å². The number of hydrogen-bond acceptors (Lipinski definition) is 6. The van der Waals surface area contributed by atoms with E-state index in [0.29, 0.717) is 0 Å². The first kappa shape index (κ1) is 26.6. The van der Waals surface area contributed by atoms with Gasteiger partial charge in [-0.1, -0.05) is 49.6 Å². The van der Waals surface area contributed by atoms with Gasteiger partial charge in [0.1, 0.15) is 9.79 Å². The van der Waals surface area contributed by atoms with Gasteiger partial charge in [0.15, 0.2) is 0 Å². The van der Waals surface area contributed by atoms with Crippen LogP contribution < -0.4 is 0 Å². The minimum atomic E-state index is -4.66. The summed E-state index contributed by atoms with van der Waals surface area (Å²) in [4.78, 5) is 7.07. The van der Waals surface area contributed by atoms with Crippen LogP contribution in [0.4, 0.5) is 11.4 Å². The highest BCUT2D eigenvalue weighted by atomic mass is 32.2. The summed E-state index contributed by atoms with van der Waals surface area (Å²) in [6.45, 7) is 10.8. The quantitative estimate of drug-likeness (QED) is 0.210. The molecule has 3 rings (SSSR count). The summed E-state index contributed by atoms with van der Waals surface area (Å²) in [7, 11) is -9.25. The van der Waals surface area contributed by atoms with E-state index in [2.05, 4.69) is 29.9 Å². The third-order valence-corrected chi connectivity index (χ3v) is 6.83. The Balaban J connectivity index is 2.03. The lowest BCUT2D eigenvalue weighted by Crippen LogP contribution is -2.01. The summed E-state index contributed by atoms with van der Waals surface area (Å²) < 4.78 is 67.0. The SMILES string of the molecule is C=Cc1cc(C=C)cc(C=Nc2ccc(/C=C/c3ccc(N=C)cc3S(=O)(=O)O)c(S(=O)(=O)O)c2)c1. The van der Waals surface area contributed by atoms with Gasteiger partial charge >= 0.3 is 0 Å². The zero-order chi connectivity index (χ0) is 26.5. The Hall–Kier alpha value is -3.96. The number of nitrogens with zero attached hydrogens (tertiary/aromatic N) is 2. The summed E-state index contributed by atoms with van der Waals surface area (Å²) in [5.74, 6) is 0. The zero-order valence-electron chi connectivity index (χ0n) is 18.9. The van der Waals surface area contributed by atoms with Crippen molar-refractivity contribution >= 4 is 68.8 Å². The molecule has 36 heavy (non-hydrogen) atoms. The summed E-state index contributed by atoms with van der Waals surface area (Å²) in [5, 5.41) is 0. The van der Waals surface area contributed by atoms with Crippen LogP contribution in [-0.4, -0.2) is 38.9 Å². The fraction of sp³-hybridized carbons (Fsp3) is 0. The second kappa shape index (κ2) is 10.8. The molecule has 0 atom stereocenters. The van der Waals surface area contributed by atoms with Crippen LogP contribution in [0.3, 0.4) is 0 Å². The van der Waals surface area contributed by atoms with Crippen molar-refractivity contribution in [2.75, 3.05) is 0 Å². The molecule has 10 heteroatoms. The Bertz CT molecular complexity index is 1610. The molecule has 0 saturated carbocycles. The molecule has 0 heterocycles. The van der Waals surface area contributed by atoms with Crippen molar-refractivity contribution in [3.05, 3.63) is 95.6 Å². The molecule has 0 aliphatic carbocycles. The van der Waals surface area contributed by atoms with E-state index in [1.165, 1.54) is 48.7 Å². The average Bonchev–Trinajstić information content (AvgIpc) is 2.84. The van der Waals surface area contributed by atoms with Crippen molar-refractivity contribution in [3.63, 3.8) is 0 Å². The Morgan fingerprint density at radius 2 is 1.11 bits per heavy atom. The van der Waals surface area contributed by atoms with Crippen molar-refractivity contribution in [2.45, 2.75) is 9.79 Å². The van der Waals surface area contributed by atoms with Crippen LogP contribution in [0.5, 0.6) is 0 Å². The van der Waals surface area contributed by atoms with Crippen molar-refractivity contribution < 1.29 is 25.9 Å². The third kappa shape index (κ3) is 6.58. The maximum atomic E-state index is 12.1. The molecule has 0 spiro atoms. The molecule has 3 aromatic carbocycles. The molecule has 0 amide bonds. The fourth-order valence-electron chi connectivity index (χ4n) is 3.29. The molecule has 0 aliphatic rings. The van der Waals surface area contributed by atoms with E-state index in [9.17, 15) is 25.9 Å². The number of hydrogen-bond donors (Lipinski definition) is 2. The number of rotatable bonds is 9. The molecule has 0 fully saturated rings. The van der Waals surface area contributed by atoms with Gasteiger partial charge in [-0.05, 0) is 77.0 Å². The molecule has 0 aromatic heterocycles. The minimum Gasteiger partial charge on any atom is -0.282 e. The van der Waals surface area contributed by atoms with Gasteiger partial charge in [-0.15, -0.1) is 0 Å². The van der Waals surface area contributed by atoms with E-state index < -0.39 is 30.0 Å². The third-order valence-electron chi connectivity index (χ3n) is 5.01. The Kier molecular flexibility index (Phi) is 7.96. The maximum Gasteiger partial charge on any atom is 0.295 e. The molecule has 0 radical (unpaired) electrons. The highest BCUT2D eigenvalue weighted by molar-refractivity contribution is 7.86. The lowest BCUT2D eigenvalue weighted by Gasteiger charge is -2.07. The summed E-state index contributed by atoms with van der Waals surface area (Å²) in [6, 6.07) is 13.7. The highest BCUT2D eigenvalue weighted by Gasteiger charge is 2.17. The molecule has 184 valence electrons. The highest BCUT2D eigenvalue weighted by Crippen LogP contribution is 2.27. The summed E-state index contributed by atoms with van der Waals surface area (Å²) in [5.41, 5.74) is 3.07. The first-order valence-electron chi connectivity index (χ1n) is 10.3. The van der Waals surface area contributed by atoms with Gasteiger partial charge in [-0.25, -0.2) is 0 Å². The van der Waals surface area contributed by atoms with Crippen LogP contribution in [0.25, 0.3) is 24.3 Å². The van der Waals surface area contributed by atoms with Crippen LogP contribution in [0.15, 0.2) is 87.5 Å². The fourth-order valence-corrected chi connectivity index (χ4v) is 4.70. The molecule has 2 N–H and O–H groups in total. The van der Waals surface area contributed by atoms with Crippen LogP contribution in [0.1, 0.15) is 27.8 Å². The van der Waals surface area contributed by atoms with E-state index in [0.717, 1.165) is 22.8 Å². The van der Waals surface area contributed by atoms with Gasteiger partial charge in [0.2, 0.25) is 0 Å². The van der Waals surface area contributed by atoms with E-state index in [1.54, 1.807) is 12.2 Å². The predicted octanol–water partition coefficient (Wildman–Crippen LogP) is 5.72. The van der Waals surface area contributed by atoms with Crippen molar-refractivity contribution in [1.82, 2.24) is 0 Å². The molecule has 8 nitrogen and oxygen atoms in total. The van der Waals surface area contributed by atoms with Gasteiger partial charge in [0, 0.05) is 6.21 Å². The van der Waals surface area contributed by atoms with Crippen LogP contribution in [0.2, 0.25) is 0 Å². The molecule has 0 aliphatic heterocycles. The first-order valence-corrected chi connectivity index (χ1v) is 13.1. The van der Waals surface area contributed by atoms with Gasteiger partial charge < -0.3 is 0 Å². The van der Waals surface area contributed by atoms with Crippen LogP contribution in [0, 0.1) is 0 Å². The van der Waals surface area contributed by atoms with E-state index in [1.807, 2.05) is 18.2 Å². The summed E-state index contributed by atoms with van der Waals surface area (Å²) in [6.07, 6.45) is 7.48. The second-order valence-corrected chi connectivity index (χ2v) is 10.3. The molecule has 0 saturated heterocycles. The smallest absolute Gasteiger partial charge is 0.282 e. The maximum absolute atomic E-state index is 12.1. The molecule has 3 aromatic rings. The topological polar surface area (TPSA) is 133 Å². The standard InChI is InChI=1S/C26H22N2O6S2/c1-4-18-12-19(5-2)14-20(13-18)17-28-24-11-9-22(26(16-24)36(32,33)34)7-6-21-8-10-23(27-3)15-25(21)35(29,30)31/h4-17H,1-3H2,(H,29,30,31)(H,32,33,34)/b7-6+,28-17?. The lowest BCUT2D eigenvalue weighted by atomic mass is 10.1. The van der Waals surface area contributed by atoms with Gasteiger partial charge in [0.25, 0.3) is 20.2 Å². The monoisotopic (exact) mass is 522 g/mol. The molecule has 0 unspecified atom stereocenters. The van der Waals surface area contributed by atoms with Crippen molar-refractivity contribution in [2.24, 2.45) is 9.98 Å². The molecular formula is C26H22N2O6S2. The van der Waals surface area contributed by atoms with E-state index in [-0.39, 0.29) is 22.5 Å². The normalized spacial score (nSPS) is 12.2. The van der Waals surface area contributed by atoms with E-state index in [4.69, 9.17) is 0 Å². The van der Waals surface area contributed by atoms with Gasteiger partial charge in [-0.2, -0.15) is 16.8 Å². The number of benzene rings is 3. The largest absolute Gasteiger partial charge is 0.295 e. The molecule has 0 bridgehead atoms. The van der Waals surface area contributed by atoms with Crippen LogP contribution >= 0.6 is 0 Å². The van der Waals surface area contributed by atoms with Crippen molar-refractivity contribution in [3.8, 4) is 0 Å². The Labute approximate surface area is 209 Å². The Morgan fingerprint density at radius 3 is 1.56 bits per heavy atom. The lowest BCUT2D eigenvalue weighted by molar-refractivity contribution is 0.480. The van der Waals surface area contributed by atoms with Crippen LogP contribution in [-0.2, 0) is 20.2 Å². The minimum absolute atomic E-state index is 0.0752. The predicted molar refractivity (Wildman–Crippen MR) is 145 cm³/mol. The first-order chi connectivity index (χ1) is 16.9. The summed E-state index contributed by atoms with van der Waals surface area (Å²) >= 11 is 0. The zero-order valence-corrected chi connectivity index (χ0v) is 20.6. The average molecular weight is 523 g/mol. The van der Waals surface area contributed by atoms with Gasteiger partial charge in [0.05, 0.1) is 11.4 Å². The molecular weight excluding hydrogens is 500 g/mol. The second-order valence-electron chi connectivity index (χ2n) is 7.49. The van der Waals surface area contributed by atoms with E-state index >= 15 is 0 Å². The van der Waals surface area contributed by atoms with Gasteiger partial charge in [-0.3, -0.25) is 19.1 Å².